The highest BCUT2D eigenvalue weighted by Gasteiger charge is 2.21. The molecule has 1 aromatic heterocycles. The molecule has 1 aliphatic heterocycles. The SMILES string of the molecule is O=C(c1cc(=O)[nH]c2cc(F)ccc12)N1CC=C(c2ccccc2)CC1. The largest absolute Gasteiger partial charge is 0.335 e. The van der Waals surface area contributed by atoms with Gasteiger partial charge >= 0.3 is 0 Å². The zero-order valence-corrected chi connectivity index (χ0v) is 14.0. The first-order chi connectivity index (χ1) is 12.6. The van der Waals surface area contributed by atoms with Gasteiger partial charge in [-0.05, 0) is 35.8 Å². The summed E-state index contributed by atoms with van der Waals surface area (Å²) in [5, 5.41) is 0.550. The maximum atomic E-state index is 13.4. The van der Waals surface area contributed by atoms with E-state index in [1.54, 1.807) is 4.90 Å². The van der Waals surface area contributed by atoms with Crippen LogP contribution in [-0.2, 0) is 0 Å². The first-order valence-electron chi connectivity index (χ1n) is 8.48. The summed E-state index contributed by atoms with van der Waals surface area (Å²) in [6.45, 7) is 1.06. The zero-order chi connectivity index (χ0) is 18.1. The molecule has 130 valence electrons. The fourth-order valence-corrected chi connectivity index (χ4v) is 3.35. The van der Waals surface area contributed by atoms with Crippen LogP contribution in [0.25, 0.3) is 16.5 Å². The molecule has 2 aromatic carbocycles. The monoisotopic (exact) mass is 348 g/mol. The molecule has 4 nitrogen and oxygen atoms in total. The molecule has 1 amide bonds. The van der Waals surface area contributed by atoms with Gasteiger partial charge in [0.2, 0.25) is 5.56 Å². The Morgan fingerprint density at radius 1 is 1.08 bits per heavy atom. The maximum Gasteiger partial charge on any atom is 0.255 e. The van der Waals surface area contributed by atoms with Crippen molar-refractivity contribution in [3.8, 4) is 0 Å². The van der Waals surface area contributed by atoms with Crippen molar-refractivity contribution in [3.05, 3.63) is 88.0 Å². The summed E-state index contributed by atoms with van der Waals surface area (Å²) in [6.07, 6.45) is 2.80. The van der Waals surface area contributed by atoms with Gasteiger partial charge in [0, 0.05) is 24.5 Å². The second-order valence-corrected chi connectivity index (χ2v) is 6.33. The van der Waals surface area contributed by atoms with Gasteiger partial charge < -0.3 is 9.88 Å². The molecule has 0 atom stereocenters. The van der Waals surface area contributed by atoms with E-state index in [4.69, 9.17) is 0 Å². The number of nitrogens with one attached hydrogen (secondary N) is 1. The minimum absolute atomic E-state index is 0.212. The minimum Gasteiger partial charge on any atom is -0.335 e. The highest BCUT2D eigenvalue weighted by Crippen LogP contribution is 2.24. The number of rotatable bonds is 2. The Labute approximate surface area is 149 Å². The third kappa shape index (κ3) is 3.04. The summed E-state index contributed by atoms with van der Waals surface area (Å²) in [5.41, 5.74) is 2.60. The van der Waals surface area contributed by atoms with E-state index in [1.165, 1.54) is 29.8 Å². The van der Waals surface area contributed by atoms with Gasteiger partial charge in [-0.1, -0.05) is 36.4 Å². The number of carbonyl (C=O) groups is 1. The number of benzene rings is 2. The van der Waals surface area contributed by atoms with Gasteiger partial charge in [0.25, 0.3) is 5.91 Å². The smallest absolute Gasteiger partial charge is 0.255 e. The number of hydrogen-bond acceptors (Lipinski definition) is 2. The van der Waals surface area contributed by atoms with E-state index in [0.717, 1.165) is 12.0 Å². The number of H-pyrrole nitrogens is 1. The van der Waals surface area contributed by atoms with Crippen molar-refractivity contribution in [3.63, 3.8) is 0 Å². The van der Waals surface area contributed by atoms with Crippen LogP contribution in [0.3, 0.4) is 0 Å². The molecule has 0 saturated heterocycles. The lowest BCUT2D eigenvalue weighted by molar-refractivity contribution is 0.0774. The van der Waals surface area contributed by atoms with Crippen molar-refractivity contribution in [1.29, 1.82) is 0 Å². The number of amides is 1. The molecule has 5 heteroatoms. The maximum absolute atomic E-state index is 13.4. The third-order valence-corrected chi connectivity index (χ3v) is 4.68. The van der Waals surface area contributed by atoms with Crippen molar-refractivity contribution in [1.82, 2.24) is 9.88 Å². The van der Waals surface area contributed by atoms with E-state index in [1.807, 2.05) is 24.3 Å². The summed E-state index contributed by atoms with van der Waals surface area (Å²) in [7, 11) is 0. The van der Waals surface area contributed by atoms with E-state index in [0.29, 0.717) is 29.6 Å². The van der Waals surface area contributed by atoms with Gasteiger partial charge in [-0.2, -0.15) is 0 Å². The molecule has 0 bridgehead atoms. The van der Waals surface area contributed by atoms with Gasteiger partial charge in [0.05, 0.1) is 11.1 Å². The molecule has 2 heterocycles. The van der Waals surface area contributed by atoms with E-state index in [-0.39, 0.29) is 5.91 Å². The Hall–Kier alpha value is -3.21. The molecule has 0 saturated carbocycles. The molecule has 4 rings (SSSR count). The van der Waals surface area contributed by atoms with Gasteiger partial charge in [-0.3, -0.25) is 9.59 Å². The fourth-order valence-electron chi connectivity index (χ4n) is 3.35. The first kappa shape index (κ1) is 16.3. The molecular weight excluding hydrogens is 331 g/mol. The van der Waals surface area contributed by atoms with E-state index < -0.39 is 11.4 Å². The van der Waals surface area contributed by atoms with E-state index >= 15 is 0 Å². The molecule has 3 aromatic rings. The van der Waals surface area contributed by atoms with Crippen molar-refractivity contribution in [2.45, 2.75) is 6.42 Å². The van der Waals surface area contributed by atoms with Crippen molar-refractivity contribution < 1.29 is 9.18 Å². The number of nitrogens with zero attached hydrogens (tertiary/aromatic N) is 1. The van der Waals surface area contributed by atoms with Crippen LogP contribution in [0.15, 0.2) is 65.5 Å². The van der Waals surface area contributed by atoms with E-state index in [2.05, 4.69) is 17.1 Å². The number of aromatic amines is 1. The molecule has 0 aliphatic carbocycles. The molecule has 1 aliphatic rings. The predicted molar refractivity (Wildman–Crippen MR) is 99.5 cm³/mol. The summed E-state index contributed by atoms with van der Waals surface area (Å²) < 4.78 is 13.4. The van der Waals surface area contributed by atoms with Gasteiger partial charge in [-0.15, -0.1) is 0 Å². The Bertz CT molecular complexity index is 1070. The average Bonchev–Trinajstić information content (AvgIpc) is 2.67. The number of aromatic nitrogens is 1. The van der Waals surface area contributed by atoms with Gasteiger partial charge in [0.1, 0.15) is 5.82 Å². The predicted octanol–water partition coefficient (Wildman–Crippen LogP) is 3.60. The minimum atomic E-state index is -0.453. The van der Waals surface area contributed by atoms with Gasteiger partial charge in [-0.25, -0.2) is 4.39 Å². The molecule has 0 unspecified atom stereocenters. The molecular formula is C21H17FN2O2. The van der Waals surface area contributed by atoms with Crippen molar-refractivity contribution >= 4 is 22.4 Å². The van der Waals surface area contributed by atoms with Crippen LogP contribution >= 0.6 is 0 Å². The van der Waals surface area contributed by atoms with Gasteiger partial charge in [0.15, 0.2) is 0 Å². The fraction of sp³-hybridized carbons (Fsp3) is 0.143. The Morgan fingerprint density at radius 3 is 2.62 bits per heavy atom. The Morgan fingerprint density at radius 2 is 1.88 bits per heavy atom. The second-order valence-electron chi connectivity index (χ2n) is 6.33. The molecule has 0 radical (unpaired) electrons. The number of hydrogen-bond donors (Lipinski definition) is 1. The quantitative estimate of drug-likeness (QED) is 0.769. The summed E-state index contributed by atoms with van der Waals surface area (Å²) >= 11 is 0. The lowest BCUT2D eigenvalue weighted by Gasteiger charge is -2.27. The summed E-state index contributed by atoms with van der Waals surface area (Å²) in [4.78, 5) is 29.1. The Balaban J connectivity index is 1.64. The number of halogens is 1. The van der Waals surface area contributed by atoms with Crippen LogP contribution in [0, 0.1) is 5.82 Å². The van der Waals surface area contributed by atoms with Crippen molar-refractivity contribution in [2.24, 2.45) is 0 Å². The average molecular weight is 348 g/mol. The first-order valence-corrected chi connectivity index (χ1v) is 8.48. The molecule has 0 spiro atoms. The standard InChI is InChI=1S/C21H17FN2O2/c22-16-6-7-17-18(13-20(25)23-19(17)12-16)21(26)24-10-8-15(9-11-24)14-4-2-1-3-5-14/h1-8,12-13H,9-11H2,(H,23,25). The van der Waals surface area contributed by atoms with Crippen molar-refractivity contribution in [2.75, 3.05) is 13.1 Å². The summed E-state index contributed by atoms with van der Waals surface area (Å²) in [5.74, 6) is -0.665. The van der Waals surface area contributed by atoms with E-state index in [9.17, 15) is 14.0 Å². The van der Waals surface area contributed by atoms with Crippen LogP contribution in [0.4, 0.5) is 4.39 Å². The topological polar surface area (TPSA) is 53.2 Å². The normalized spacial score (nSPS) is 14.3. The zero-order valence-electron chi connectivity index (χ0n) is 14.0. The van der Waals surface area contributed by atoms with Crippen LogP contribution < -0.4 is 5.56 Å². The van der Waals surface area contributed by atoms with Crippen LogP contribution in [0.5, 0.6) is 0 Å². The molecule has 1 N–H and O–H groups in total. The highest BCUT2D eigenvalue weighted by molar-refractivity contribution is 6.06. The summed E-state index contributed by atoms with van der Waals surface area (Å²) in [6, 6.07) is 15.4. The second kappa shape index (κ2) is 6.59. The highest BCUT2D eigenvalue weighted by atomic mass is 19.1. The lowest BCUT2D eigenvalue weighted by atomic mass is 9.99. The number of fused-ring (bicyclic) bond motifs is 1. The molecule has 0 fully saturated rings. The molecule has 26 heavy (non-hydrogen) atoms. The number of carbonyl (C=O) groups excluding carboxylic acids is 1. The number of pyridine rings is 1. The lowest BCUT2D eigenvalue weighted by Crippen LogP contribution is -2.35. The van der Waals surface area contributed by atoms with Crippen LogP contribution in [-0.4, -0.2) is 28.9 Å². The van der Waals surface area contributed by atoms with Crippen LogP contribution in [0.1, 0.15) is 22.3 Å². The third-order valence-electron chi connectivity index (χ3n) is 4.68. The Kier molecular flexibility index (Phi) is 4.13. The van der Waals surface area contributed by atoms with Crippen LogP contribution in [0.2, 0.25) is 0 Å².